The zero-order chi connectivity index (χ0) is 20.6. The standard InChI is InChI=1S/C21H34N6O2/c1-16-4-5-19(22-12-16)27-9-6-18(7-10-27)25-21(24-14-20(28)26(2)3)23-13-17-8-11-29-15-17/h4-5,12,17-18H,6-11,13-15H2,1-3H3,(H2,23,24,25). The Morgan fingerprint density at radius 3 is 2.72 bits per heavy atom. The van der Waals surface area contributed by atoms with Gasteiger partial charge in [-0.1, -0.05) is 6.07 Å². The van der Waals surface area contributed by atoms with E-state index in [1.54, 1.807) is 19.0 Å². The molecule has 0 aliphatic carbocycles. The Morgan fingerprint density at radius 1 is 1.31 bits per heavy atom. The van der Waals surface area contributed by atoms with Crippen LogP contribution in [0.2, 0.25) is 0 Å². The van der Waals surface area contributed by atoms with Crippen molar-refractivity contribution in [2.75, 3.05) is 58.4 Å². The zero-order valence-corrected chi connectivity index (χ0v) is 17.9. The van der Waals surface area contributed by atoms with Gasteiger partial charge < -0.3 is 25.2 Å². The molecule has 1 unspecified atom stereocenters. The number of hydrogen-bond donors (Lipinski definition) is 2. The monoisotopic (exact) mass is 402 g/mol. The van der Waals surface area contributed by atoms with Crippen LogP contribution in [-0.4, -0.2) is 81.3 Å². The predicted octanol–water partition coefficient (Wildman–Crippen LogP) is 1.02. The number of anilines is 1. The molecule has 29 heavy (non-hydrogen) atoms. The summed E-state index contributed by atoms with van der Waals surface area (Å²) in [4.78, 5) is 24.9. The highest BCUT2D eigenvalue weighted by Gasteiger charge is 2.22. The van der Waals surface area contributed by atoms with Crippen molar-refractivity contribution in [3.63, 3.8) is 0 Å². The summed E-state index contributed by atoms with van der Waals surface area (Å²) in [6, 6.07) is 4.53. The number of aromatic nitrogens is 1. The number of rotatable bonds is 6. The van der Waals surface area contributed by atoms with Crippen molar-refractivity contribution < 1.29 is 9.53 Å². The highest BCUT2D eigenvalue weighted by Crippen LogP contribution is 2.18. The summed E-state index contributed by atoms with van der Waals surface area (Å²) in [7, 11) is 3.51. The first-order chi connectivity index (χ1) is 14.0. The summed E-state index contributed by atoms with van der Waals surface area (Å²) in [6.07, 6.45) is 5.00. The predicted molar refractivity (Wildman–Crippen MR) is 115 cm³/mol. The summed E-state index contributed by atoms with van der Waals surface area (Å²) >= 11 is 0. The van der Waals surface area contributed by atoms with Gasteiger partial charge >= 0.3 is 0 Å². The second kappa shape index (κ2) is 10.4. The Hall–Kier alpha value is -2.35. The molecule has 0 spiro atoms. The minimum atomic E-state index is -0.00411. The maximum absolute atomic E-state index is 12.0. The molecule has 1 aromatic rings. The van der Waals surface area contributed by atoms with Gasteiger partial charge in [-0.25, -0.2) is 9.98 Å². The van der Waals surface area contributed by atoms with Crippen molar-refractivity contribution in [1.29, 1.82) is 0 Å². The third kappa shape index (κ3) is 6.59. The smallest absolute Gasteiger partial charge is 0.243 e. The van der Waals surface area contributed by atoms with E-state index in [1.807, 2.05) is 6.20 Å². The summed E-state index contributed by atoms with van der Waals surface area (Å²) < 4.78 is 5.46. The number of aryl methyl sites for hydroxylation is 1. The van der Waals surface area contributed by atoms with Crippen LogP contribution in [-0.2, 0) is 9.53 Å². The molecule has 0 radical (unpaired) electrons. The Balaban J connectivity index is 1.53. The third-order valence-electron chi connectivity index (χ3n) is 5.51. The van der Waals surface area contributed by atoms with Crippen molar-refractivity contribution in [2.24, 2.45) is 10.9 Å². The molecule has 0 aromatic carbocycles. The SMILES string of the molecule is Cc1ccc(N2CCC(NC(=NCC(=O)N(C)C)NCC3CCOC3)CC2)nc1. The van der Waals surface area contributed by atoms with Gasteiger partial charge in [-0.2, -0.15) is 0 Å². The van der Waals surface area contributed by atoms with Crippen molar-refractivity contribution in [1.82, 2.24) is 20.5 Å². The number of hydrogen-bond acceptors (Lipinski definition) is 5. The number of ether oxygens (including phenoxy) is 1. The molecule has 2 fully saturated rings. The molecule has 160 valence electrons. The molecule has 8 nitrogen and oxygen atoms in total. The number of guanidine groups is 1. The van der Waals surface area contributed by atoms with Crippen LogP contribution in [0.5, 0.6) is 0 Å². The zero-order valence-electron chi connectivity index (χ0n) is 17.9. The molecular formula is C21H34N6O2. The summed E-state index contributed by atoms with van der Waals surface area (Å²) in [5, 5.41) is 6.95. The van der Waals surface area contributed by atoms with Gasteiger partial charge in [0.25, 0.3) is 0 Å². The van der Waals surface area contributed by atoms with Crippen LogP contribution in [0.4, 0.5) is 5.82 Å². The van der Waals surface area contributed by atoms with E-state index in [0.717, 1.165) is 63.9 Å². The van der Waals surface area contributed by atoms with Crippen molar-refractivity contribution >= 4 is 17.7 Å². The van der Waals surface area contributed by atoms with E-state index < -0.39 is 0 Å². The Labute approximate surface area is 173 Å². The van der Waals surface area contributed by atoms with Gasteiger partial charge in [-0.15, -0.1) is 0 Å². The third-order valence-corrected chi connectivity index (χ3v) is 5.51. The molecule has 0 saturated carbocycles. The van der Waals surface area contributed by atoms with Crippen LogP contribution >= 0.6 is 0 Å². The average molecular weight is 403 g/mol. The van der Waals surface area contributed by atoms with E-state index in [4.69, 9.17) is 4.74 Å². The number of nitrogens with zero attached hydrogens (tertiary/aromatic N) is 4. The van der Waals surface area contributed by atoms with E-state index in [0.29, 0.717) is 12.0 Å². The molecule has 1 amide bonds. The lowest BCUT2D eigenvalue weighted by Gasteiger charge is -2.34. The number of nitrogens with one attached hydrogen (secondary N) is 2. The van der Waals surface area contributed by atoms with Crippen molar-refractivity contribution in [3.05, 3.63) is 23.9 Å². The van der Waals surface area contributed by atoms with Crippen LogP contribution in [0.15, 0.2) is 23.3 Å². The lowest BCUT2D eigenvalue weighted by Crippen LogP contribution is -2.50. The molecule has 8 heteroatoms. The van der Waals surface area contributed by atoms with Gasteiger partial charge in [0, 0.05) is 58.5 Å². The summed E-state index contributed by atoms with van der Waals surface area (Å²) in [5.74, 6) is 2.26. The highest BCUT2D eigenvalue weighted by atomic mass is 16.5. The summed E-state index contributed by atoms with van der Waals surface area (Å²) in [6.45, 7) is 6.54. The Morgan fingerprint density at radius 2 is 2.10 bits per heavy atom. The number of aliphatic imine (C=N–C) groups is 1. The van der Waals surface area contributed by atoms with Crippen LogP contribution in [0.3, 0.4) is 0 Å². The minimum absolute atomic E-state index is 0.00411. The molecule has 3 rings (SSSR count). The van der Waals surface area contributed by atoms with Crippen LogP contribution in [0, 0.1) is 12.8 Å². The van der Waals surface area contributed by atoms with Gasteiger partial charge in [0.15, 0.2) is 5.96 Å². The maximum atomic E-state index is 12.0. The first kappa shape index (κ1) is 21.4. The quantitative estimate of drug-likeness (QED) is 0.546. The first-order valence-electron chi connectivity index (χ1n) is 10.5. The first-order valence-corrected chi connectivity index (χ1v) is 10.5. The van der Waals surface area contributed by atoms with E-state index >= 15 is 0 Å². The fourth-order valence-electron chi connectivity index (χ4n) is 3.52. The second-order valence-electron chi connectivity index (χ2n) is 8.16. The number of piperidine rings is 1. The number of pyridine rings is 1. The number of likely N-dealkylation sites (N-methyl/N-ethyl adjacent to an activating group) is 1. The van der Waals surface area contributed by atoms with Gasteiger partial charge in [0.05, 0.1) is 6.61 Å². The topological polar surface area (TPSA) is 82.1 Å². The molecule has 1 atom stereocenters. The van der Waals surface area contributed by atoms with Gasteiger partial charge in [0.1, 0.15) is 12.4 Å². The van der Waals surface area contributed by atoms with Crippen molar-refractivity contribution in [2.45, 2.75) is 32.2 Å². The molecule has 1 aromatic heterocycles. The average Bonchev–Trinajstić information content (AvgIpc) is 3.24. The Kier molecular flexibility index (Phi) is 7.69. The van der Waals surface area contributed by atoms with E-state index in [9.17, 15) is 4.79 Å². The summed E-state index contributed by atoms with van der Waals surface area (Å²) in [5.41, 5.74) is 1.18. The fraction of sp³-hybridized carbons (Fsp3) is 0.667. The Bertz CT molecular complexity index is 677. The second-order valence-corrected chi connectivity index (χ2v) is 8.16. The van der Waals surface area contributed by atoms with Crippen molar-refractivity contribution in [3.8, 4) is 0 Å². The number of carbonyl (C=O) groups excluding carboxylic acids is 1. The van der Waals surface area contributed by atoms with Gasteiger partial charge in [-0.3, -0.25) is 4.79 Å². The molecular weight excluding hydrogens is 368 g/mol. The molecule has 2 saturated heterocycles. The largest absolute Gasteiger partial charge is 0.381 e. The van der Waals surface area contributed by atoms with Crippen LogP contribution in [0.1, 0.15) is 24.8 Å². The lowest BCUT2D eigenvalue weighted by atomic mass is 10.1. The molecule has 2 N–H and O–H groups in total. The van der Waals surface area contributed by atoms with Gasteiger partial charge in [-0.05, 0) is 37.8 Å². The number of carbonyl (C=O) groups is 1. The van der Waals surface area contributed by atoms with Gasteiger partial charge in [0.2, 0.25) is 5.91 Å². The van der Waals surface area contributed by atoms with Crippen LogP contribution in [0.25, 0.3) is 0 Å². The van der Waals surface area contributed by atoms with E-state index in [1.165, 1.54) is 5.56 Å². The lowest BCUT2D eigenvalue weighted by molar-refractivity contribution is -0.127. The molecule has 0 bridgehead atoms. The van der Waals surface area contributed by atoms with E-state index in [2.05, 4.69) is 44.6 Å². The van der Waals surface area contributed by atoms with Crippen LogP contribution < -0.4 is 15.5 Å². The molecule has 2 aliphatic heterocycles. The molecule has 2 aliphatic rings. The molecule has 3 heterocycles. The normalized spacial score (nSPS) is 20.6. The van der Waals surface area contributed by atoms with E-state index in [-0.39, 0.29) is 12.5 Å². The maximum Gasteiger partial charge on any atom is 0.243 e. The highest BCUT2D eigenvalue weighted by molar-refractivity contribution is 5.85. The number of amides is 1. The minimum Gasteiger partial charge on any atom is -0.381 e. The fourth-order valence-corrected chi connectivity index (χ4v) is 3.52.